The van der Waals surface area contributed by atoms with Crippen molar-refractivity contribution in [1.82, 2.24) is 5.32 Å². The fourth-order valence-electron chi connectivity index (χ4n) is 1.89. The zero-order valence-electron chi connectivity index (χ0n) is 9.69. The van der Waals surface area contributed by atoms with Gasteiger partial charge in [0.15, 0.2) is 0 Å². The Morgan fingerprint density at radius 2 is 2.13 bits per heavy atom. The molecule has 4 heteroatoms. The predicted octanol–water partition coefficient (Wildman–Crippen LogP) is 0.402. The topological polar surface area (TPSA) is 58.6 Å². The molecule has 0 aromatic heterocycles. The summed E-state index contributed by atoms with van der Waals surface area (Å²) in [5.74, 6) is 0.704. The number of hydrogen-bond acceptors (Lipinski definition) is 3. The first-order valence-corrected chi connectivity index (χ1v) is 5.55. The van der Waals surface area contributed by atoms with Crippen molar-refractivity contribution in [2.75, 3.05) is 19.8 Å². The molecule has 15 heavy (non-hydrogen) atoms. The fraction of sp³-hybridized carbons (Fsp3) is 0.909. The van der Waals surface area contributed by atoms with E-state index in [2.05, 4.69) is 19.2 Å². The number of rotatable bonds is 4. The number of nitrogens with one attached hydrogen (secondary N) is 1. The molecule has 88 valence electrons. The third-order valence-corrected chi connectivity index (χ3v) is 2.98. The van der Waals surface area contributed by atoms with E-state index in [1.165, 1.54) is 0 Å². The van der Waals surface area contributed by atoms with E-state index >= 15 is 0 Å². The van der Waals surface area contributed by atoms with Crippen LogP contribution in [0.4, 0.5) is 0 Å². The van der Waals surface area contributed by atoms with Crippen molar-refractivity contribution < 1.29 is 14.6 Å². The van der Waals surface area contributed by atoms with E-state index in [-0.39, 0.29) is 24.5 Å². The predicted molar refractivity (Wildman–Crippen MR) is 57.3 cm³/mol. The molecule has 0 aromatic carbocycles. The Hall–Kier alpha value is -0.610. The average molecular weight is 215 g/mol. The monoisotopic (exact) mass is 215 g/mol. The normalized spacial score (nSPS) is 28.1. The van der Waals surface area contributed by atoms with Crippen molar-refractivity contribution >= 4 is 5.91 Å². The second kappa shape index (κ2) is 5.47. The lowest BCUT2D eigenvalue weighted by Gasteiger charge is -2.21. The molecule has 0 aliphatic carbocycles. The molecule has 0 radical (unpaired) electrons. The van der Waals surface area contributed by atoms with Gasteiger partial charge in [0.1, 0.15) is 0 Å². The summed E-state index contributed by atoms with van der Waals surface area (Å²) in [6.07, 6.45) is 0. The van der Waals surface area contributed by atoms with Crippen LogP contribution in [0.3, 0.4) is 0 Å². The van der Waals surface area contributed by atoms with E-state index in [9.17, 15) is 4.79 Å². The molecule has 0 aromatic rings. The van der Waals surface area contributed by atoms with Gasteiger partial charge in [-0.25, -0.2) is 0 Å². The van der Waals surface area contributed by atoms with Crippen LogP contribution in [0.5, 0.6) is 0 Å². The maximum atomic E-state index is 11.8. The van der Waals surface area contributed by atoms with Crippen LogP contribution < -0.4 is 5.32 Å². The molecule has 3 unspecified atom stereocenters. The smallest absolute Gasteiger partial charge is 0.226 e. The van der Waals surface area contributed by atoms with Crippen LogP contribution in [0.1, 0.15) is 20.8 Å². The number of amides is 1. The second-order valence-electron chi connectivity index (χ2n) is 4.64. The van der Waals surface area contributed by atoms with Gasteiger partial charge in [0, 0.05) is 6.04 Å². The van der Waals surface area contributed by atoms with Gasteiger partial charge in [0.2, 0.25) is 5.91 Å². The van der Waals surface area contributed by atoms with Crippen LogP contribution in [-0.2, 0) is 9.53 Å². The van der Waals surface area contributed by atoms with Gasteiger partial charge >= 0.3 is 0 Å². The van der Waals surface area contributed by atoms with Crippen LogP contribution in [0, 0.1) is 17.8 Å². The van der Waals surface area contributed by atoms with E-state index in [0.29, 0.717) is 25.0 Å². The van der Waals surface area contributed by atoms with Crippen LogP contribution in [0.25, 0.3) is 0 Å². The molecule has 0 bridgehead atoms. The van der Waals surface area contributed by atoms with Crippen molar-refractivity contribution in [3.05, 3.63) is 0 Å². The Labute approximate surface area is 91.0 Å². The molecule has 1 heterocycles. The second-order valence-corrected chi connectivity index (χ2v) is 4.64. The maximum Gasteiger partial charge on any atom is 0.226 e. The van der Waals surface area contributed by atoms with E-state index < -0.39 is 0 Å². The summed E-state index contributed by atoms with van der Waals surface area (Å²) in [7, 11) is 0. The first kappa shape index (κ1) is 12.5. The summed E-state index contributed by atoms with van der Waals surface area (Å²) in [6, 6.07) is -0.175. The highest BCUT2D eigenvalue weighted by atomic mass is 16.5. The Bertz CT molecular complexity index is 218. The van der Waals surface area contributed by atoms with Gasteiger partial charge in [-0.3, -0.25) is 4.79 Å². The molecular formula is C11H21NO3. The molecule has 0 spiro atoms. The van der Waals surface area contributed by atoms with Crippen LogP contribution >= 0.6 is 0 Å². The van der Waals surface area contributed by atoms with E-state index in [1.54, 1.807) is 6.92 Å². The quantitative estimate of drug-likeness (QED) is 0.713. The van der Waals surface area contributed by atoms with Gasteiger partial charge in [-0.2, -0.15) is 0 Å². The van der Waals surface area contributed by atoms with Crippen LogP contribution in [0.15, 0.2) is 0 Å². The number of aliphatic hydroxyl groups excluding tert-OH is 1. The summed E-state index contributed by atoms with van der Waals surface area (Å²) < 4.78 is 5.34. The van der Waals surface area contributed by atoms with Crippen molar-refractivity contribution in [3.63, 3.8) is 0 Å². The van der Waals surface area contributed by atoms with Gasteiger partial charge in [0.25, 0.3) is 0 Å². The lowest BCUT2D eigenvalue weighted by atomic mass is 9.85. The van der Waals surface area contributed by atoms with Gasteiger partial charge < -0.3 is 15.2 Å². The van der Waals surface area contributed by atoms with E-state index in [0.717, 1.165) is 0 Å². The van der Waals surface area contributed by atoms with E-state index in [1.807, 2.05) is 0 Å². The molecule has 1 rings (SSSR count). The Kier molecular flexibility index (Phi) is 4.54. The first-order chi connectivity index (χ1) is 7.06. The van der Waals surface area contributed by atoms with Crippen molar-refractivity contribution in [2.45, 2.75) is 26.8 Å². The van der Waals surface area contributed by atoms with Crippen LogP contribution in [0.2, 0.25) is 0 Å². The third-order valence-electron chi connectivity index (χ3n) is 2.98. The van der Waals surface area contributed by atoms with Crippen molar-refractivity contribution in [1.29, 1.82) is 0 Å². The molecule has 1 amide bonds. The number of hydrogen-bond donors (Lipinski definition) is 2. The number of ether oxygens (including phenoxy) is 1. The number of carbonyl (C=O) groups excluding carboxylic acids is 1. The first-order valence-electron chi connectivity index (χ1n) is 5.55. The number of carbonyl (C=O) groups is 1. The highest BCUT2D eigenvalue weighted by Crippen LogP contribution is 2.27. The minimum atomic E-state index is -0.175. The summed E-state index contributed by atoms with van der Waals surface area (Å²) in [4.78, 5) is 11.8. The van der Waals surface area contributed by atoms with Gasteiger partial charge in [-0.1, -0.05) is 13.8 Å². The molecule has 4 nitrogen and oxygen atoms in total. The summed E-state index contributed by atoms with van der Waals surface area (Å²) in [6.45, 7) is 7.16. The maximum absolute atomic E-state index is 11.8. The Morgan fingerprint density at radius 1 is 1.47 bits per heavy atom. The van der Waals surface area contributed by atoms with Crippen LogP contribution in [-0.4, -0.2) is 36.9 Å². The van der Waals surface area contributed by atoms with Gasteiger partial charge in [0.05, 0.1) is 25.7 Å². The lowest BCUT2D eigenvalue weighted by molar-refractivity contribution is -0.127. The number of aliphatic hydroxyl groups is 1. The molecule has 2 N–H and O–H groups in total. The summed E-state index contributed by atoms with van der Waals surface area (Å²) >= 11 is 0. The molecule has 3 atom stereocenters. The van der Waals surface area contributed by atoms with Crippen molar-refractivity contribution in [2.24, 2.45) is 17.8 Å². The molecule has 1 aliphatic rings. The average Bonchev–Trinajstić information content (AvgIpc) is 2.65. The lowest BCUT2D eigenvalue weighted by Crippen LogP contribution is -2.42. The molecular weight excluding hydrogens is 194 g/mol. The highest BCUT2D eigenvalue weighted by molar-refractivity contribution is 5.79. The van der Waals surface area contributed by atoms with Gasteiger partial charge in [-0.05, 0) is 18.8 Å². The highest BCUT2D eigenvalue weighted by Gasteiger charge is 2.35. The molecule has 1 saturated heterocycles. The standard InChI is InChI=1S/C11H21NO3/c1-7(2)9-5-15-6-10(9)11(14)12-8(3)4-13/h7-10,13H,4-6H2,1-3H3,(H,12,14). The molecule has 0 saturated carbocycles. The minimum Gasteiger partial charge on any atom is -0.394 e. The van der Waals surface area contributed by atoms with Crippen molar-refractivity contribution in [3.8, 4) is 0 Å². The summed E-state index contributed by atoms with van der Waals surface area (Å²) in [5, 5.41) is 11.6. The minimum absolute atomic E-state index is 0.00718. The molecule has 1 fully saturated rings. The Morgan fingerprint density at radius 3 is 2.67 bits per heavy atom. The molecule has 1 aliphatic heterocycles. The largest absolute Gasteiger partial charge is 0.394 e. The zero-order valence-corrected chi connectivity index (χ0v) is 9.69. The fourth-order valence-corrected chi connectivity index (χ4v) is 1.89. The van der Waals surface area contributed by atoms with E-state index in [4.69, 9.17) is 9.84 Å². The van der Waals surface area contributed by atoms with Gasteiger partial charge in [-0.15, -0.1) is 0 Å². The SMILES string of the molecule is CC(CO)NC(=O)C1COCC1C(C)C. The summed E-state index contributed by atoms with van der Waals surface area (Å²) in [5.41, 5.74) is 0. The zero-order chi connectivity index (χ0) is 11.4. The third kappa shape index (κ3) is 3.18. The Balaban J connectivity index is 2.51.